The second-order valence-corrected chi connectivity index (χ2v) is 6.23. The van der Waals surface area contributed by atoms with Crippen molar-refractivity contribution in [3.63, 3.8) is 0 Å². The Morgan fingerprint density at radius 2 is 2.14 bits per heavy atom. The van der Waals surface area contributed by atoms with Gasteiger partial charge in [-0.15, -0.1) is 0 Å². The summed E-state index contributed by atoms with van der Waals surface area (Å²) in [5.41, 5.74) is 9.27. The number of rotatable bonds is 6. The molecule has 0 spiro atoms. The minimum atomic E-state index is 0.153. The summed E-state index contributed by atoms with van der Waals surface area (Å²) >= 11 is 3.51. The van der Waals surface area contributed by atoms with Gasteiger partial charge in [-0.2, -0.15) is 5.10 Å². The van der Waals surface area contributed by atoms with Gasteiger partial charge >= 0.3 is 0 Å². The lowest BCUT2D eigenvalue weighted by Crippen LogP contribution is -2.21. The van der Waals surface area contributed by atoms with Gasteiger partial charge in [-0.1, -0.05) is 22.9 Å². The predicted molar refractivity (Wildman–Crippen MR) is 88.4 cm³/mol. The monoisotopic (exact) mass is 351 g/mol. The molecule has 0 bridgehead atoms. The number of halogens is 1. The molecule has 21 heavy (non-hydrogen) atoms. The van der Waals surface area contributed by atoms with E-state index < -0.39 is 0 Å². The van der Waals surface area contributed by atoms with Crippen LogP contribution in [0, 0.1) is 6.92 Å². The second kappa shape index (κ2) is 7.09. The molecule has 0 saturated heterocycles. The van der Waals surface area contributed by atoms with Gasteiger partial charge in [0.25, 0.3) is 0 Å². The van der Waals surface area contributed by atoms with E-state index in [0.29, 0.717) is 6.61 Å². The van der Waals surface area contributed by atoms with E-state index >= 15 is 0 Å². The highest BCUT2D eigenvalue weighted by molar-refractivity contribution is 9.10. The van der Waals surface area contributed by atoms with Gasteiger partial charge in [0, 0.05) is 17.6 Å². The molecule has 0 saturated carbocycles. The maximum Gasteiger partial charge on any atom is 0.130 e. The average Bonchev–Trinajstić information content (AvgIpc) is 2.76. The molecular formula is C16H22BrN3O. The summed E-state index contributed by atoms with van der Waals surface area (Å²) in [7, 11) is 1.93. The Hall–Kier alpha value is -1.33. The van der Waals surface area contributed by atoms with Crippen molar-refractivity contribution < 1.29 is 4.74 Å². The van der Waals surface area contributed by atoms with Gasteiger partial charge in [0.15, 0.2) is 0 Å². The molecule has 0 radical (unpaired) electrons. The molecular weight excluding hydrogens is 330 g/mol. The predicted octanol–water partition coefficient (Wildman–Crippen LogP) is 3.35. The average molecular weight is 352 g/mol. The molecule has 0 fully saturated rings. The Labute approximate surface area is 134 Å². The number of nitrogens with zero attached hydrogens (tertiary/aromatic N) is 2. The first kappa shape index (κ1) is 16.0. The number of nitrogens with two attached hydrogens (primary N) is 1. The molecule has 0 aliphatic rings. The summed E-state index contributed by atoms with van der Waals surface area (Å²) in [6.45, 7) is 4.59. The lowest BCUT2D eigenvalue weighted by atomic mass is 10.0. The van der Waals surface area contributed by atoms with Gasteiger partial charge in [0.05, 0.1) is 11.4 Å². The quantitative estimate of drug-likeness (QED) is 0.868. The Bertz CT molecular complexity index is 610. The molecule has 2 N–H and O–H groups in total. The van der Waals surface area contributed by atoms with Crippen molar-refractivity contribution in [2.45, 2.75) is 39.3 Å². The second-order valence-electron chi connectivity index (χ2n) is 5.31. The maximum absolute atomic E-state index is 6.07. The zero-order valence-electron chi connectivity index (χ0n) is 12.8. The van der Waals surface area contributed by atoms with E-state index in [1.54, 1.807) is 0 Å². The minimum absolute atomic E-state index is 0.153. The van der Waals surface area contributed by atoms with Crippen LogP contribution in [0.4, 0.5) is 0 Å². The number of hydrogen-bond acceptors (Lipinski definition) is 3. The van der Waals surface area contributed by atoms with Crippen LogP contribution in [0.3, 0.4) is 0 Å². The van der Waals surface area contributed by atoms with Crippen molar-refractivity contribution >= 4 is 15.9 Å². The summed E-state index contributed by atoms with van der Waals surface area (Å²) in [6.07, 6.45) is 1.77. The lowest BCUT2D eigenvalue weighted by molar-refractivity contribution is 0.291. The zero-order valence-corrected chi connectivity index (χ0v) is 14.4. The van der Waals surface area contributed by atoms with Gasteiger partial charge in [0.1, 0.15) is 12.4 Å². The number of aryl methyl sites for hydroxylation is 2. The van der Waals surface area contributed by atoms with Crippen molar-refractivity contribution in [1.82, 2.24) is 9.78 Å². The van der Waals surface area contributed by atoms with Crippen molar-refractivity contribution in [2.75, 3.05) is 0 Å². The fraction of sp³-hybridized carbons (Fsp3) is 0.438. The van der Waals surface area contributed by atoms with Gasteiger partial charge in [-0.25, -0.2) is 0 Å². The fourth-order valence-electron chi connectivity index (χ4n) is 2.23. The van der Waals surface area contributed by atoms with E-state index in [4.69, 9.17) is 10.5 Å². The minimum Gasteiger partial charge on any atom is -0.487 e. The Morgan fingerprint density at radius 3 is 2.76 bits per heavy atom. The first-order valence-corrected chi connectivity index (χ1v) is 7.95. The van der Waals surface area contributed by atoms with Crippen LogP contribution in [0.25, 0.3) is 0 Å². The third-order valence-electron chi connectivity index (χ3n) is 3.50. The van der Waals surface area contributed by atoms with Crippen LogP contribution in [0.2, 0.25) is 0 Å². The van der Waals surface area contributed by atoms with Crippen LogP contribution in [-0.4, -0.2) is 15.8 Å². The number of benzene rings is 1. The SMILES string of the molecule is CCC(N)Cc1cc(Br)ccc1OCc1cc(C)nn1C. The van der Waals surface area contributed by atoms with Crippen molar-refractivity contribution in [1.29, 1.82) is 0 Å². The number of aromatic nitrogens is 2. The lowest BCUT2D eigenvalue weighted by Gasteiger charge is -2.15. The summed E-state index contributed by atoms with van der Waals surface area (Å²) in [5.74, 6) is 0.890. The van der Waals surface area contributed by atoms with E-state index in [1.807, 2.05) is 36.9 Å². The molecule has 1 atom stereocenters. The first-order valence-electron chi connectivity index (χ1n) is 7.16. The van der Waals surface area contributed by atoms with E-state index in [2.05, 4.69) is 34.0 Å². The van der Waals surface area contributed by atoms with Gasteiger partial charge in [-0.05, 0) is 49.6 Å². The van der Waals surface area contributed by atoms with Crippen molar-refractivity contribution in [3.05, 3.63) is 45.7 Å². The summed E-state index contributed by atoms with van der Waals surface area (Å²) in [6, 6.07) is 8.26. The molecule has 0 amide bonds. The van der Waals surface area contributed by atoms with Gasteiger partial charge < -0.3 is 10.5 Å². The summed E-state index contributed by atoms with van der Waals surface area (Å²) < 4.78 is 8.88. The van der Waals surface area contributed by atoms with Crippen LogP contribution >= 0.6 is 15.9 Å². The molecule has 1 aromatic heterocycles. The molecule has 1 aromatic carbocycles. The fourth-order valence-corrected chi connectivity index (χ4v) is 2.63. The highest BCUT2D eigenvalue weighted by Crippen LogP contribution is 2.25. The smallest absolute Gasteiger partial charge is 0.130 e. The summed E-state index contributed by atoms with van der Waals surface area (Å²) in [5, 5.41) is 4.33. The summed E-state index contributed by atoms with van der Waals surface area (Å²) in [4.78, 5) is 0. The largest absolute Gasteiger partial charge is 0.487 e. The van der Waals surface area contributed by atoms with Crippen LogP contribution in [0.5, 0.6) is 5.75 Å². The highest BCUT2D eigenvalue weighted by atomic mass is 79.9. The van der Waals surface area contributed by atoms with Crippen LogP contribution in [0.15, 0.2) is 28.7 Å². The molecule has 2 aromatic rings. The molecule has 0 aliphatic heterocycles. The van der Waals surface area contributed by atoms with E-state index in [0.717, 1.165) is 40.0 Å². The Kier molecular flexibility index (Phi) is 5.42. The van der Waals surface area contributed by atoms with Crippen LogP contribution in [0.1, 0.15) is 30.3 Å². The Morgan fingerprint density at radius 1 is 1.38 bits per heavy atom. The normalized spacial score (nSPS) is 12.4. The number of hydrogen-bond donors (Lipinski definition) is 1. The molecule has 4 nitrogen and oxygen atoms in total. The first-order chi connectivity index (χ1) is 9.99. The highest BCUT2D eigenvalue weighted by Gasteiger charge is 2.10. The molecule has 0 aliphatic carbocycles. The Balaban J connectivity index is 2.13. The third kappa shape index (κ3) is 4.32. The molecule has 1 heterocycles. The topological polar surface area (TPSA) is 53.1 Å². The molecule has 5 heteroatoms. The third-order valence-corrected chi connectivity index (χ3v) is 4.00. The van der Waals surface area contributed by atoms with E-state index in [1.165, 1.54) is 0 Å². The van der Waals surface area contributed by atoms with Crippen LogP contribution in [-0.2, 0) is 20.1 Å². The molecule has 114 valence electrons. The van der Waals surface area contributed by atoms with Crippen LogP contribution < -0.4 is 10.5 Å². The maximum atomic E-state index is 6.07. The van der Waals surface area contributed by atoms with Gasteiger partial charge in [0.2, 0.25) is 0 Å². The standard InChI is InChI=1S/C16H22BrN3O/c1-4-14(18)9-12-8-13(17)5-6-16(12)21-10-15-7-11(2)19-20(15)3/h5-8,14H,4,9-10,18H2,1-3H3. The molecule has 2 rings (SSSR count). The van der Waals surface area contributed by atoms with Gasteiger partial charge in [-0.3, -0.25) is 4.68 Å². The molecule has 1 unspecified atom stereocenters. The number of ether oxygens (including phenoxy) is 1. The zero-order chi connectivity index (χ0) is 15.4. The van der Waals surface area contributed by atoms with Crippen molar-refractivity contribution in [3.8, 4) is 5.75 Å². The van der Waals surface area contributed by atoms with Crippen molar-refractivity contribution in [2.24, 2.45) is 12.8 Å². The van der Waals surface area contributed by atoms with E-state index in [9.17, 15) is 0 Å². The van der Waals surface area contributed by atoms with E-state index in [-0.39, 0.29) is 6.04 Å².